The highest BCUT2D eigenvalue weighted by Gasteiger charge is 2.24. The van der Waals surface area contributed by atoms with E-state index in [0.717, 1.165) is 12.1 Å². The average Bonchev–Trinajstić information content (AvgIpc) is 2.90. The van der Waals surface area contributed by atoms with Crippen molar-refractivity contribution < 1.29 is 18.8 Å². The summed E-state index contributed by atoms with van der Waals surface area (Å²) in [6.45, 7) is 1.76. The van der Waals surface area contributed by atoms with Crippen molar-refractivity contribution in [2.75, 3.05) is 6.61 Å². The van der Waals surface area contributed by atoms with E-state index in [1.165, 1.54) is 0 Å². The second-order valence-electron chi connectivity index (χ2n) is 3.78. The van der Waals surface area contributed by atoms with Gasteiger partial charge in [-0.25, -0.2) is 4.79 Å². The maximum Gasteiger partial charge on any atom is 0.361 e. The molecule has 110 valence electrons. The van der Waals surface area contributed by atoms with Crippen LogP contribution in [0, 0.1) is 15.9 Å². The van der Waals surface area contributed by atoms with E-state index in [4.69, 9.17) is 4.74 Å². The number of nitrogens with one attached hydrogen (secondary N) is 1. The number of H-pyrrole nitrogens is 1. The Kier molecular flexibility index (Phi) is 4.26. The number of hydrogen-bond acceptors (Lipinski definition) is 6. The molecule has 1 aromatic carbocycles. The highest BCUT2D eigenvalue weighted by Crippen LogP contribution is 2.33. The quantitative estimate of drug-likeness (QED) is 0.510. The molecule has 0 aliphatic carbocycles. The van der Waals surface area contributed by atoms with Crippen molar-refractivity contribution in [3.8, 4) is 11.3 Å². The summed E-state index contributed by atoms with van der Waals surface area (Å²) >= 11 is 3.09. The van der Waals surface area contributed by atoms with Crippen LogP contribution in [0.25, 0.3) is 11.3 Å². The number of nitro groups is 1. The van der Waals surface area contributed by atoms with Crippen molar-refractivity contribution in [3.63, 3.8) is 0 Å². The minimum absolute atomic E-state index is 0.0362. The van der Waals surface area contributed by atoms with E-state index in [1.54, 1.807) is 6.92 Å². The lowest BCUT2D eigenvalue weighted by atomic mass is 10.1. The summed E-state index contributed by atoms with van der Waals surface area (Å²) < 4.78 is 18.7. The van der Waals surface area contributed by atoms with Gasteiger partial charge < -0.3 is 4.74 Å². The fourth-order valence-electron chi connectivity index (χ4n) is 1.62. The second kappa shape index (κ2) is 5.95. The minimum Gasteiger partial charge on any atom is -0.461 e. The van der Waals surface area contributed by atoms with Crippen molar-refractivity contribution in [2.24, 2.45) is 0 Å². The molecule has 0 fully saturated rings. The lowest BCUT2D eigenvalue weighted by Crippen LogP contribution is -2.07. The Hall–Kier alpha value is -2.36. The van der Waals surface area contributed by atoms with Gasteiger partial charge in [0.2, 0.25) is 5.82 Å². The zero-order valence-electron chi connectivity index (χ0n) is 10.6. The van der Waals surface area contributed by atoms with E-state index in [9.17, 15) is 19.3 Å². The number of carbonyl (C=O) groups excluding carboxylic acids is 1. The number of benzene rings is 1. The number of aromatic nitrogens is 3. The van der Waals surface area contributed by atoms with Gasteiger partial charge in [-0.3, -0.25) is 10.1 Å². The van der Waals surface area contributed by atoms with Crippen LogP contribution >= 0.6 is 15.9 Å². The molecule has 0 spiro atoms. The van der Waals surface area contributed by atoms with Gasteiger partial charge in [-0.2, -0.15) is 14.7 Å². The Morgan fingerprint density at radius 3 is 2.86 bits per heavy atom. The molecule has 1 N–H and O–H groups in total. The standard InChI is InChI=1S/C11H8BrFN4O4/c1-2-21-11(18)10-9(14-16-15-10)5-3-7(13)8(17(19)20)4-6(5)12/h3-4H,2H2,1H3,(H,14,15,16). The lowest BCUT2D eigenvalue weighted by molar-refractivity contribution is -0.387. The number of aromatic amines is 1. The lowest BCUT2D eigenvalue weighted by Gasteiger charge is -2.04. The van der Waals surface area contributed by atoms with Crippen molar-refractivity contribution in [1.82, 2.24) is 15.4 Å². The fraction of sp³-hybridized carbons (Fsp3) is 0.182. The number of esters is 1. The molecule has 8 nitrogen and oxygen atoms in total. The Bertz CT molecular complexity index is 718. The first-order valence-electron chi connectivity index (χ1n) is 5.67. The first-order valence-corrected chi connectivity index (χ1v) is 6.46. The third kappa shape index (κ3) is 2.89. The number of hydrogen-bond donors (Lipinski definition) is 1. The molecule has 1 heterocycles. The molecule has 1 aromatic heterocycles. The number of halogens is 2. The van der Waals surface area contributed by atoms with Crippen LogP contribution in [0.1, 0.15) is 17.4 Å². The first kappa shape index (κ1) is 15.0. The van der Waals surface area contributed by atoms with Crippen LogP contribution in [0.5, 0.6) is 0 Å². The first-order chi connectivity index (χ1) is 9.95. The number of nitro benzene ring substituents is 1. The van der Waals surface area contributed by atoms with E-state index in [0.29, 0.717) is 0 Å². The highest BCUT2D eigenvalue weighted by molar-refractivity contribution is 9.10. The maximum absolute atomic E-state index is 13.7. The van der Waals surface area contributed by atoms with Gasteiger partial charge in [-0.05, 0) is 28.9 Å². The molecule has 0 aliphatic rings. The average molecular weight is 359 g/mol. The van der Waals surface area contributed by atoms with Gasteiger partial charge in [0.1, 0.15) is 5.69 Å². The zero-order chi connectivity index (χ0) is 15.6. The molecule has 0 aliphatic heterocycles. The van der Waals surface area contributed by atoms with Gasteiger partial charge in [-0.15, -0.1) is 5.10 Å². The molecule has 2 aromatic rings. The summed E-state index contributed by atoms with van der Waals surface area (Å²) in [6, 6.07) is 1.90. The predicted octanol–water partition coefficient (Wildman–Crippen LogP) is 2.46. The molecule has 0 bridgehead atoms. The topological polar surface area (TPSA) is 111 Å². The van der Waals surface area contributed by atoms with Crippen molar-refractivity contribution in [2.45, 2.75) is 6.92 Å². The molecule has 0 atom stereocenters. The van der Waals surface area contributed by atoms with Gasteiger partial charge in [0.05, 0.1) is 11.5 Å². The molecule has 0 saturated heterocycles. The monoisotopic (exact) mass is 358 g/mol. The van der Waals surface area contributed by atoms with Crippen LogP contribution in [-0.4, -0.2) is 32.9 Å². The molecule has 0 unspecified atom stereocenters. The summed E-state index contributed by atoms with van der Waals surface area (Å²) in [7, 11) is 0. The zero-order valence-corrected chi connectivity index (χ0v) is 12.2. The predicted molar refractivity (Wildman–Crippen MR) is 72.1 cm³/mol. The van der Waals surface area contributed by atoms with E-state index in [-0.39, 0.29) is 28.0 Å². The van der Waals surface area contributed by atoms with E-state index >= 15 is 0 Å². The van der Waals surface area contributed by atoms with Crippen LogP contribution in [0.2, 0.25) is 0 Å². The number of rotatable bonds is 4. The third-order valence-corrected chi connectivity index (χ3v) is 3.16. The normalized spacial score (nSPS) is 10.4. The Labute approximate surface area is 125 Å². The highest BCUT2D eigenvalue weighted by atomic mass is 79.9. The fourth-order valence-corrected chi connectivity index (χ4v) is 2.14. The van der Waals surface area contributed by atoms with Gasteiger partial charge in [0, 0.05) is 16.1 Å². The second-order valence-corrected chi connectivity index (χ2v) is 4.64. The third-order valence-electron chi connectivity index (χ3n) is 2.51. The minimum atomic E-state index is -1.05. The van der Waals surface area contributed by atoms with Crippen molar-refractivity contribution in [3.05, 3.63) is 38.2 Å². The maximum atomic E-state index is 13.7. The molecular weight excluding hydrogens is 351 g/mol. The van der Waals surface area contributed by atoms with Gasteiger partial charge in [-0.1, -0.05) is 0 Å². The number of carbonyl (C=O) groups is 1. The molecule has 21 heavy (non-hydrogen) atoms. The SMILES string of the molecule is CCOC(=O)c1n[nH]nc1-c1cc(F)c([N+](=O)[O-])cc1Br. The summed E-state index contributed by atoms with van der Waals surface area (Å²) in [5.74, 6) is -1.78. The molecular formula is C11H8BrFN4O4. The van der Waals surface area contributed by atoms with Crippen LogP contribution in [0.4, 0.5) is 10.1 Å². The molecule has 10 heteroatoms. The molecule has 0 radical (unpaired) electrons. The van der Waals surface area contributed by atoms with E-state index in [1.807, 2.05) is 0 Å². The Balaban J connectivity index is 2.54. The number of nitrogens with zero attached hydrogens (tertiary/aromatic N) is 3. The number of ether oxygens (including phenoxy) is 1. The van der Waals surface area contributed by atoms with E-state index < -0.39 is 22.4 Å². The van der Waals surface area contributed by atoms with E-state index in [2.05, 4.69) is 31.3 Å². The largest absolute Gasteiger partial charge is 0.461 e. The molecule has 0 saturated carbocycles. The summed E-state index contributed by atoms with van der Waals surface area (Å²) in [4.78, 5) is 21.5. The van der Waals surface area contributed by atoms with Gasteiger partial charge in [0.15, 0.2) is 5.69 Å². The Morgan fingerprint density at radius 2 is 2.24 bits per heavy atom. The van der Waals surface area contributed by atoms with Crippen LogP contribution < -0.4 is 0 Å². The summed E-state index contributed by atoms with van der Waals surface area (Å²) in [6.07, 6.45) is 0. The molecule has 0 amide bonds. The van der Waals surface area contributed by atoms with Crippen LogP contribution in [0.15, 0.2) is 16.6 Å². The van der Waals surface area contributed by atoms with Gasteiger partial charge >= 0.3 is 11.7 Å². The van der Waals surface area contributed by atoms with Gasteiger partial charge in [0.25, 0.3) is 0 Å². The smallest absolute Gasteiger partial charge is 0.361 e. The Morgan fingerprint density at radius 1 is 1.52 bits per heavy atom. The van der Waals surface area contributed by atoms with Crippen molar-refractivity contribution in [1.29, 1.82) is 0 Å². The van der Waals surface area contributed by atoms with Crippen molar-refractivity contribution >= 4 is 27.6 Å². The summed E-state index contributed by atoms with van der Waals surface area (Å²) in [5.41, 5.74) is -0.637. The summed E-state index contributed by atoms with van der Waals surface area (Å²) in [5, 5.41) is 20.3. The van der Waals surface area contributed by atoms with Crippen LogP contribution in [-0.2, 0) is 4.74 Å². The molecule has 2 rings (SSSR count). The van der Waals surface area contributed by atoms with Crippen LogP contribution in [0.3, 0.4) is 0 Å².